The minimum Gasteiger partial charge on any atom is -0.342 e. The minimum absolute atomic E-state index is 0.195. The molecule has 0 aliphatic carbocycles. The van der Waals surface area contributed by atoms with Crippen LogP contribution in [0.1, 0.15) is 65.7 Å². The second-order valence-corrected chi connectivity index (χ2v) is 10.8. The number of hydrogen-bond acceptors (Lipinski definition) is 5. The predicted molar refractivity (Wildman–Crippen MR) is 124 cm³/mol. The molecule has 30 heavy (non-hydrogen) atoms. The van der Waals surface area contributed by atoms with Gasteiger partial charge in [-0.15, -0.1) is 10.2 Å². The highest BCUT2D eigenvalue weighted by atomic mass is 32.1. The van der Waals surface area contributed by atoms with Crippen molar-refractivity contribution in [2.75, 3.05) is 18.0 Å². The van der Waals surface area contributed by atoms with Crippen LogP contribution >= 0.6 is 11.3 Å². The van der Waals surface area contributed by atoms with Crippen LogP contribution in [0.4, 0.5) is 5.13 Å². The van der Waals surface area contributed by atoms with Crippen LogP contribution < -0.4 is 4.90 Å². The topological polar surface area (TPSA) is 49.3 Å². The van der Waals surface area contributed by atoms with E-state index in [4.69, 9.17) is 0 Å². The standard InChI is InChI=1S/C24H34N4OS/c1-24(2,3)15-14-21(29)27-16-8-7-12-19(27)20-13-9-17-28(20)23-26-25-22(30-23)18-10-5-4-6-11-18/h4-6,10-11,19-20H,7-9,12-17H2,1-3H3. The van der Waals surface area contributed by atoms with E-state index in [-0.39, 0.29) is 5.41 Å². The lowest BCUT2D eigenvalue weighted by Crippen LogP contribution is -2.53. The molecule has 2 atom stereocenters. The molecule has 2 fully saturated rings. The number of hydrogen-bond donors (Lipinski definition) is 0. The van der Waals surface area contributed by atoms with Crippen molar-refractivity contribution in [3.8, 4) is 10.6 Å². The molecule has 4 rings (SSSR count). The number of rotatable bonds is 5. The number of carbonyl (C=O) groups excluding carboxylic acids is 1. The summed E-state index contributed by atoms with van der Waals surface area (Å²) in [6.45, 7) is 8.56. The van der Waals surface area contributed by atoms with Gasteiger partial charge in [0, 0.05) is 25.1 Å². The van der Waals surface area contributed by atoms with Gasteiger partial charge in [-0.25, -0.2) is 0 Å². The molecule has 0 bridgehead atoms. The molecule has 0 saturated carbocycles. The highest BCUT2D eigenvalue weighted by molar-refractivity contribution is 7.18. The van der Waals surface area contributed by atoms with Crippen LogP contribution in [0.3, 0.4) is 0 Å². The van der Waals surface area contributed by atoms with Gasteiger partial charge in [-0.3, -0.25) is 4.79 Å². The van der Waals surface area contributed by atoms with E-state index >= 15 is 0 Å². The third kappa shape index (κ3) is 4.85. The van der Waals surface area contributed by atoms with Gasteiger partial charge >= 0.3 is 0 Å². The molecule has 6 heteroatoms. The Morgan fingerprint density at radius 2 is 1.80 bits per heavy atom. The average molecular weight is 427 g/mol. The lowest BCUT2D eigenvalue weighted by molar-refractivity contribution is -0.135. The minimum atomic E-state index is 0.195. The molecule has 2 aromatic rings. The Morgan fingerprint density at radius 1 is 1.03 bits per heavy atom. The fourth-order valence-corrected chi connectivity index (χ4v) is 5.69. The first-order chi connectivity index (χ1) is 14.4. The van der Waals surface area contributed by atoms with Gasteiger partial charge in [-0.05, 0) is 43.9 Å². The fraction of sp³-hybridized carbons (Fsp3) is 0.625. The third-order valence-electron chi connectivity index (χ3n) is 6.38. The third-order valence-corrected chi connectivity index (χ3v) is 7.39. The maximum atomic E-state index is 13.1. The summed E-state index contributed by atoms with van der Waals surface area (Å²) in [4.78, 5) is 17.8. The van der Waals surface area contributed by atoms with Gasteiger partial charge in [0.05, 0.1) is 12.1 Å². The molecule has 1 amide bonds. The van der Waals surface area contributed by atoms with Gasteiger partial charge in [-0.1, -0.05) is 62.4 Å². The van der Waals surface area contributed by atoms with E-state index < -0.39 is 0 Å². The zero-order chi connectivity index (χ0) is 21.1. The van der Waals surface area contributed by atoms with E-state index in [9.17, 15) is 4.79 Å². The Bertz CT molecular complexity index is 844. The Balaban J connectivity index is 1.50. The first-order valence-corrected chi connectivity index (χ1v) is 12.2. The first-order valence-electron chi connectivity index (χ1n) is 11.4. The summed E-state index contributed by atoms with van der Waals surface area (Å²) in [5.74, 6) is 0.337. The Labute approximate surface area is 184 Å². The van der Waals surface area contributed by atoms with Gasteiger partial charge in [0.2, 0.25) is 11.0 Å². The van der Waals surface area contributed by atoms with Crippen LogP contribution in [0.2, 0.25) is 0 Å². The zero-order valence-electron chi connectivity index (χ0n) is 18.5. The molecule has 5 nitrogen and oxygen atoms in total. The van der Waals surface area contributed by atoms with Crippen LogP contribution in [0.15, 0.2) is 30.3 Å². The molecular weight excluding hydrogens is 392 g/mol. The van der Waals surface area contributed by atoms with Crippen molar-refractivity contribution in [3.63, 3.8) is 0 Å². The lowest BCUT2D eigenvalue weighted by Gasteiger charge is -2.42. The monoisotopic (exact) mass is 426 g/mol. The molecule has 2 saturated heterocycles. The van der Waals surface area contributed by atoms with E-state index in [0.29, 0.717) is 24.4 Å². The molecule has 162 valence electrons. The van der Waals surface area contributed by atoms with Gasteiger partial charge in [-0.2, -0.15) is 0 Å². The molecule has 2 aliphatic rings. The van der Waals surface area contributed by atoms with Gasteiger partial charge < -0.3 is 9.80 Å². The molecular formula is C24H34N4OS. The molecule has 2 unspecified atom stereocenters. The van der Waals surface area contributed by atoms with Crippen LogP contribution in [-0.4, -0.2) is 46.2 Å². The summed E-state index contributed by atoms with van der Waals surface area (Å²) < 4.78 is 0. The smallest absolute Gasteiger partial charge is 0.222 e. The van der Waals surface area contributed by atoms with Crippen molar-refractivity contribution in [2.45, 2.75) is 77.8 Å². The van der Waals surface area contributed by atoms with E-state index in [1.165, 1.54) is 6.42 Å². The van der Waals surface area contributed by atoms with Crippen molar-refractivity contribution in [1.82, 2.24) is 15.1 Å². The first kappa shape index (κ1) is 21.3. The number of nitrogens with zero attached hydrogens (tertiary/aromatic N) is 4. The Hall–Kier alpha value is -1.95. The predicted octanol–water partition coefficient (Wildman–Crippen LogP) is 5.38. The second-order valence-electron chi connectivity index (χ2n) is 9.87. The van der Waals surface area contributed by atoms with E-state index in [1.807, 2.05) is 18.2 Å². The molecule has 0 spiro atoms. The number of piperidine rings is 1. The molecule has 3 heterocycles. The largest absolute Gasteiger partial charge is 0.342 e. The Morgan fingerprint density at radius 3 is 2.57 bits per heavy atom. The van der Waals surface area contributed by atoms with Crippen molar-refractivity contribution in [3.05, 3.63) is 30.3 Å². The summed E-state index contributed by atoms with van der Waals surface area (Å²) in [5, 5.41) is 11.0. The zero-order valence-corrected chi connectivity index (χ0v) is 19.3. The SMILES string of the molecule is CC(C)(C)CCC(=O)N1CCCCC1C1CCCN1c1nnc(-c2ccccc2)s1. The quantitative estimate of drug-likeness (QED) is 0.644. The van der Waals surface area contributed by atoms with E-state index in [2.05, 4.69) is 52.9 Å². The highest BCUT2D eigenvalue weighted by Crippen LogP contribution is 2.37. The fourth-order valence-electron chi connectivity index (χ4n) is 4.75. The number of anilines is 1. The number of amides is 1. The van der Waals surface area contributed by atoms with Gasteiger partial charge in [0.15, 0.2) is 0 Å². The molecule has 1 aromatic heterocycles. The Kier molecular flexibility index (Phi) is 6.42. The normalized spacial score (nSPS) is 22.5. The van der Waals surface area contributed by atoms with E-state index in [1.54, 1.807) is 11.3 Å². The van der Waals surface area contributed by atoms with Crippen LogP contribution in [-0.2, 0) is 4.79 Å². The number of aromatic nitrogens is 2. The summed E-state index contributed by atoms with van der Waals surface area (Å²) >= 11 is 1.67. The van der Waals surface area contributed by atoms with Crippen LogP contribution in [0.5, 0.6) is 0 Å². The maximum Gasteiger partial charge on any atom is 0.222 e. The lowest BCUT2D eigenvalue weighted by atomic mass is 9.89. The van der Waals surface area contributed by atoms with Crippen LogP contribution in [0, 0.1) is 5.41 Å². The molecule has 0 radical (unpaired) electrons. The summed E-state index contributed by atoms with van der Waals surface area (Å²) in [6.07, 6.45) is 7.33. The van der Waals surface area contributed by atoms with Crippen molar-refractivity contribution in [1.29, 1.82) is 0 Å². The maximum absolute atomic E-state index is 13.1. The number of likely N-dealkylation sites (tertiary alicyclic amines) is 1. The number of benzene rings is 1. The van der Waals surface area contributed by atoms with Crippen molar-refractivity contribution < 1.29 is 4.79 Å². The van der Waals surface area contributed by atoms with E-state index in [0.717, 1.165) is 60.9 Å². The van der Waals surface area contributed by atoms with Crippen molar-refractivity contribution >= 4 is 22.4 Å². The molecule has 2 aliphatic heterocycles. The molecule has 1 aromatic carbocycles. The second kappa shape index (κ2) is 9.04. The summed E-state index contributed by atoms with van der Waals surface area (Å²) in [5.41, 5.74) is 1.31. The summed E-state index contributed by atoms with van der Waals surface area (Å²) in [6, 6.07) is 10.9. The molecule has 0 N–H and O–H groups in total. The summed E-state index contributed by atoms with van der Waals surface area (Å²) in [7, 11) is 0. The van der Waals surface area contributed by atoms with Crippen molar-refractivity contribution in [2.24, 2.45) is 5.41 Å². The van der Waals surface area contributed by atoms with Gasteiger partial charge in [0.1, 0.15) is 5.01 Å². The number of carbonyl (C=O) groups is 1. The van der Waals surface area contributed by atoms with Crippen LogP contribution in [0.25, 0.3) is 10.6 Å². The van der Waals surface area contributed by atoms with Gasteiger partial charge in [0.25, 0.3) is 0 Å². The average Bonchev–Trinajstić information content (AvgIpc) is 3.41. The highest BCUT2D eigenvalue weighted by Gasteiger charge is 2.39.